The van der Waals surface area contributed by atoms with Crippen LogP contribution in [-0.4, -0.2) is 6.21 Å². The van der Waals surface area contributed by atoms with Crippen molar-refractivity contribution in [1.82, 2.24) is 0 Å². The summed E-state index contributed by atoms with van der Waals surface area (Å²) < 4.78 is 0. The smallest absolute Gasteiger partial charge is 0.0253 e. The second-order valence-corrected chi connectivity index (χ2v) is 3.15. The van der Waals surface area contributed by atoms with E-state index in [0.29, 0.717) is 0 Å². The number of benzene rings is 2. The maximum Gasteiger partial charge on any atom is 0.0253 e. The highest BCUT2D eigenvalue weighted by Gasteiger charge is 1.99. The van der Waals surface area contributed by atoms with Crippen molar-refractivity contribution in [3.8, 4) is 0 Å². The van der Waals surface area contributed by atoms with Gasteiger partial charge in [-0.2, -0.15) is 0 Å². The average Bonchev–Trinajstić information content (AvgIpc) is 2.19. The Balaban J connectivity index is 2.86. The summed E-state index contributed by atoms with van der Waals surface area (Å²) >= 11 is 0. The molecule has 0 fully saturated rings. The average molecular weight is 169 g/mol. The summed E-state index contributed by atoms with van der Waals surface area (Å²) in [5, 5.41) is 9.72. The van der Waals surface area contributed by atoms with Crippen LogP contribution in [0.25, 0.3) is 10.8 Å². The standard InChI is InChI=1S/C12H11N/c1-9-11(8-13)7-6-10-4-2-3-5-12(9)10/h2-8,13H,1H3. The predicted octanol–water partition coefficient (Wildman–Crippen LogP) is 3.15. The van der Waals surface area contributed by atoms with Crippen LogP contribution >= 0.6 is 0 Å². The van der Waals surface area contributed by atoms with E-state index in [1.165, 1.54) is 22.6 Å². The zero-order valence-corrected chi connectivity index (χ0v) is 7.54. The molecule has 0 aromatic heterocycles. The summed E-state index contributed by atoms with van der Waals surface area (Å²) in [7, 11) is 0. The molecule has 0 aliphatic rings. The molecule has 1 N–H and O–H groups in total. The first-order valence-electron chi connectivity index (χ1n) is 4.32. The molecule has 2 aromatic carbocycles. The molecule has 1 heteroatoms. The van der Waals surface area contributed by atoms with E-state index in [1.54, 1.807) is 0 Å². The van der Waals surface area contributed by atoms with Gasteiger partial charge in [0, 0.05) is 6.21 Å². The van der Waals surface area contributed by atoms with Crippen molar-refractivity contribution in [2.24, 2.45) is 0 Å². The molecule has 64 valence electrons. The van der Waals surface area contributed by atoms with Gasteiger partial charge in [0.1, 0.15) is 0 Å². The maximum absolute atomic E-state index is 7.23. The maximum atomic E-state index is 7.23. The van der Waals surface area contributed by atoms with E-state index < -0.39 is 0 Å². The van der Waals surface area contributed by atoms with Crippen LogP contribution in [0.1, 0.15) is 11.1 Å². The largest absolute Gasteiger partial charge is 0.308 e. The van der Waals surface area contributed by atoms with Crippen molar-refractivity contribution < 1.29 is 0 Å². The molecule has 0 unspecified atom stereocenters. The van der Waals surface area contributed by atoms with Gasteiger partial charge in [-0.3, -0.25) is 0 Å². The summed E-state index contributed by atoms with van der Waals surface area (Å²) in [4.78, 5) is 0. The first kappa shape index (κ1) is 7.99. The lowest BCUT2D eigenvalue weighted by molar-refractivity contribution is 1.47. The molecule has 0 atom stereocenters. The van der Waals surface area contributed by atoms with Crippen molar-refractivity contribution in [1.29, 1.82) is 5.41 Å². The highest BCUT2D eigenvalue weighted by molar-refractivity contribution is 5.93. The molecule has 13 heavy (non-hydrogen) atoms. The highest BCUT2D eigenvalue weighted by atomic mass is 14.3. The number of hydrogen-bond acceptors (Lipinski definition) is 1. The molecule has 2 aromatic rings. The Kier molecular flexibility index (Phi) is 1.85. The van der Waals surface area contributed by atoms with Crippen molar-refractivity contribution >= 4 is 17.0 Å². The number of nitrogens with one attached hydrogen (secondary N) is 1. The predicted molar refractivity (Wildman–Crippen MR) is 56.6 cm³/mol. The molecule has 2 rings (SSSR count). The van der Waals surface area contributed by atoms with E-state index in [2.05, 4.69) is 25.1 Å². The first-order valence-corrected chi connectivity index (χ1v) is 4.32. The Morgan fingerprint density at radius 1 is 1.08 bits per heavy atom. The van der Waals surface area contributed by atoms with Gasteiger partial charge in [0.05, 0.1) is 0 Å². The fourth-order valence-electron chi connectivity index (χ4n) is 1.60. The van der Waals surface area contributed by atoms with Crippen LogP contribution in [0.15, 0.2) is 36.4 Å². The molecule has 0 aliphatic heterocycles. The second kappa shape index (κ2) is 3.02. The molecule has 0 spiro atoms. The molecule has 0 bridgehead atoms. The number of hydrogen-bond donors (Lipinski definition) is 1. The van der Waals surface area contributed by atoms with Crippen LogP contribution in [0.2, 0.25) is 0 Å². The Morgan fingerprint density at radius 3 is 2.62 bits per heavy atom. The van der Waals surface area contributed by atoms with E-state index in [1.807, 2.05) is 18.2 Å². The lowest BCUT2D eigenvalue weighted by Gasteiger charge is -2.04. The van der Waals surface area contributed by atoms with E-state index in [4.69, 9.17) is 5.41 Å². The van der Waals surface area contributed by atoms with Crippen molar-refractivity contribution in [3.63, 3.8) is 0 Å². The molecule has 0 aliphatic carbocycles. The third-order valence-electron chi connectivity index (χ3n) is 2.40. The normalized spacial score (nSPS) is 10.2. The third-order valence-corrected chi connectivity index (χ3v) is 2.40. The van der Waals surface area contributed by atoms with E-state index in [9.17, 15) is 0 Å². The lowest BCUT2D eigenvalue weighted by atomic mass is 10.0. The Hall–Kier alpha value is -1.63. The minimum atomic E-state index is 0.999. The SMILES string of the molecule is Cc1c(C=N)ccc2ccccc12. The summed E-state index contributed by atoms with van der Waals surface area (Å²) in [6, 6.07) is 12.3. The fourth-order valence-corrected chi connectivity index (χ4v) is 1.60. The van der Waals surface area contributed by atoms with E-state index in [-0.39, 0.29) is 0 Å². The zero-order chi connectivity index (χ0) is 9.26. The van der Waals surface area contributed by atoms with Crippen LogP contribution in [0.4, 0.5) is 0 Å². The van der Waals surface area contributed by atoms with Crippen molar-refractivity contribution in [2.45, 2.75) is 6.92 Å². The van der Waals surface area contributed by atoms with Gasteiger partial charge in [0.25, 0.3) is 0 Å². The molecule has 0 amide bonds. The molecule has 0 radical (unpaired) electrons. The summed E-state index contributed by atoms with van der Waals surface area (Å²) in [6.07, 6.45) is 1.40. The Labute approximate surface area is 77.5 Å². The van der Waals surface area contributed by atoms with Gasteiger partial charge in [0.15, 0.2) is 0 Å². The number of rotatable bonds is 1. The minimum absolute atomic E-state index is 0.999. The van der Waals surface area contributed by atoms with Crippen LogP contribution in [0.3, 0.4) is 0 Å². The zero-order valence-electron chi connectivity index (χ0n) is 7.54. The lowest BCUT2D eigenvalue weighted by Crippen LogP contribution is -1.87. The van der Waals surface area contributed by atoms with Gasteiger partial charge in [0.2, 0.25) is 0 Å². The van der Waals surface area contributed by atoms with E-state index >= 15 is 0 Å². The van der Waals surface area contributed by atoms with Crippen LogP contribution < -0.4 is 0 Å². The Morgan fingerprint density at radius 2 is 1.85 bits per heavy atom. The first-order chi connectivity index (χ1) is 6.33. The van der Waals surface area contributed by atoms with Gasteiger partial charge in [-0.25, -0.2) is 0 Å². The molecule has 0 saturated heterocycles. The molecule has 0 heterocycles. The topological polar surface area (TPSA) is 23.9 Å². The summed E-state index contributed by atoms with van der Waals surface area (Å²) in [5.74, 6) is 0. The monoisotopic (exact) mass is 169 g/mol. The molecular weight excluding hydrogens is 158 g/mol. The second-order valence-electron chi connectivity index (χ2n) is 3.15. The van der Waals surface area contributed by atoms with Crippen molar-refractivity contribution in [2.75, 3.05) is 0 Å². The van der Waals surface area contributed by atoms with Gasteiger partial charge >= 0.3 is 0 Å². The highest BCUT2D eigenvalue weighted by Crippen LogP contribution is 2.20. The molecular formula is C12H11N. The van der Waals surface area contributed by atoms with Gasteiger partial charge in [-0.05, 0) is 28.8 Å². The van der Waals surface area contributed by atoms with Crippen molar-refractivity contribution in [3.05, 3.63) is 47.5 Å². The Bertz CT molecular complexity index is 458. The van der Waals surface area contributed by atoms with Crippen LogP contribution in [-0.2, 0) is 0 Å². The fraction of sp³-hybridized carbons (Fsp3) is 0.0833. The molecule has 0 saturated carbocycles. The van der Waals surface area contributed by atoms with Gasteiger partial charge in [-0.15, -0.1) is 0 Å². The third kappa shape index (κ3) is 1.22. The number of aryl methyl sites for hydroxylation is 1. The van der Waals surface area contributed by atoms with E-state index in [0.717, 1.165) is 5.56 Å². The van der Waals surface area contributed by atoms with Gasteiger partial charge in [-0.1, -0.05) is 36.4 Å². The van der Waals surface area contributed by atoms with Crippen LogP contribution in [0, 0.1) is 12.3 Å². The quantitative estimate of drug-likeness (QED) is 0.634. The number of fused-ring (bicyclic) bond motifs is 1. The minimum Gasteiger partial charge on any atom is -0.308 e. The summed E-state index contributed by atoms with van der Waals surface area (Å²) in [6.45, 7) is 2.06. The van der Waals surface area contributed by atoms with Gasteiger partial charge < -0.3 is 5.41 Å². The molecule has 1 nitrogen and oxygen atoms in total. The summed E-state index contributed by atoms with van der Waals surface area (Å²) in [5.41, 5.74) is 2.19. The van der Waals surface area contributed by atoms with Crippen LogP contribution in [0.5, 0.6) is 0 Å².